The van der Waals surface area contributed by atoms with E-state index in [1.54, 1.807) is 12.4 Å². The topological polar surface area (TPSA) is 38.7 Å². The third-order valence-corrected chi connectivity index (χ3v) is 3.82. The Morgan fingerprint density at radius 1 is 1.04 bits per heavy atom. The molecule has 1 aromatic carbocycles. The van der Waals surface area contributed by atoms with Gasteiger partial charge in [0.1, 0.15) is 5.82 Å². The molecule has 3 nitrogen and oxygen atoms in total. The van der Waals surface area contributed by atoms with E-state index >= 15 is 0 Å². The van der Waals surface area contributed by atoms with Crippen LogP contribution in [0.25, 0.3) is 11.3 Å². The molecule has 4 heteroatoms. The highest BCUT2D eigenvalue weighted by Gasteiger charge is 2.06. The third kappa shape index (κ3) is 4.70. The standard InChI is InChI=1S/C17H14BrN3.C2H6/c1-12-4-5-15(18)9-14(12)10-17-20-8-6-16(21-17)13-3-2-7-19-11-13;1-2/h2-9,11H,10H2,1H3;1-2H3. The monoisotopic (exact) mass is 369 g/mol. The van der Waals surface area contributed by atoms with Crippen molar-refractivity contribution < 1.29 is 0 Å². The fraction of sp³-hybridized carbons (Fsp3) is 0.211. The molecule has 0 aliphatic carbocycles. The maximum Gasteiger partial charge on any atom is 0.133 e. The largest absolute Gasteiger partial charge is 0.264 e. The highest BCUT2D eigenvalue weighted by atomic mass is 79.9. The molecule has 3 rings (SSSR count). The second kappa shape index (κ2) is 8.53. The van der Waals surface area contributed by atoms with Crippen LogP contribution in [0.5, 0.6) is 0 Å². The van der Waals surface area contributed by atoms with Crippen molar-refractivity contribution >= 4 is 15.9 Å². The molecule has 2 heterocycles. The van der Waals surface area contributed by atoms with Crippen molar-refractivity contribution in [1.82, 2.24) is 15.0 Å². The molecule has 2 aromatic heterocycles. The molecule has 0 spiro atoms. The summed E-state index contributed by atoms with van der Waals surface area (Å²) in [4.78, 5) is 13.2. The summed E-state index contributed by atoms with van der Waals surface area (Å²) < 4.78 is 1.08. The van der Waals surface area contributed by atoms with Crippen molar-refractivity contribution in [1.29, 1.82) is 0 Å². The van der Waals surface area contributed by atoms with E-state index < -0.39 is 0 Å². The summed E-state index contributed by atoms with van der Waals surface area (Å²) in [6.07, 6.45) is 6.10. The van der Waals surface area contributed by atoms with Crippen LogP contribution >= 0.6 is 15.9 Å². The van der Waals surface area contributed by atoms with Crippen LogP contribution in [0.1, 0.15) is 30.8 Å². The smallest absolute Gasteiger partial charge is 0.133 e. The van der Waals surface area contributed by atoms with Gasteiger partial charge in [-0.15, -0.1) is 0 Å². The summed E-state index contributed by atoms with van der Waals surface area (Å²) in [5, 5.41) is 0. The molecule has 0 aliphatic rings. The van der Waals surface area contributed by atoms with Crippen LogP contribution in [0.15, 0.2) is 59.5 Å². The van der Waals surface area contributed by atoms with Crippen molar-refractivity contribution in [2.75, 3.05) is 0 Å². The van der Waals surface area contributed by atoms with Gasteiger partial charge < -0.3 is 0 Å². The summed E-state index contributed by atoms with van der Waals surface area (Å²) >= 11 is 3.51. The van der Waals surface area contributed by atoms with Crippen LogP contribution in [0.2, 0.25) is 0 Å². The van der Waals surface area contributed by atoms with Crippen molar-refractivity contribution in [3.05, 3.63) is 76.4 Å². The average Bonchev–Trinajstić information content (AvgIpc) is 2.61. The normalized spacial score (nSPS) is 9.91. The first-order valence-electron chi connectivity index (χ1n) is 7.70. The lowest BCUT2D eigenvalue weighted by molar-refractivity contribution is 0.963. The summed E-state index contributed by atoms with van der Waals surface area (Å²) in [6.45, 7) is 6.10. The Balaban J connectivity index is 0.000000924. The summed E-state index contributed by atoms with van der Waals surface area (Å²) in [7, 11) is 0. The van der Waals surface area contributed by atoms with Gasteiger partial charge in [-0.3, -0.25) is 4.98 Å². The molecular weight excluding hydrogens is 350 g/mol. The van der Waals surface area contributed by atoms with Crippen LogP contribution < -0.4 is 0 Å². The molecule has 0 saturated heterocycles. The molecule has 3 aromatic rings. The van der Waals surface area contributed by atoms with E-state index in [0.717, 1.165) is 28.0 Å². The summed E-state index contributed by atoms with van der Waals surface area (Å²) in [5.41, 5.74) is 4.38. The van der Waals surface area contributed by atoms with Crippen LogP contribution in [-0.4, -0.2) is 15.0 Å². The quantitative estimate of drug-likeness (QED) is 0.634. The maximum absolute atomic E-state index is 4.64. The van der Waals surface area contributed by atoms with Crippen LogP contribution in [0.4, 0.5) is 0 Å². The van der Waals surface area contributed by atoms with Gasteiger partial charge in [0.25, 0.3) is 0 Å². The second-order valence-electron chi connectivity index (χ2n) is 4.85. The Morgan fingerprint density at radius 3 is 2.61 bits per heavy atom. The van der Waals surface area contributed by atoms with Crippen molar-refractivity contribution in [2.24, 2.45) is 0 Å². The van der Waals surface area contributed by atoms with Crippen molar-refractivity contribution in [3.8, 4) is 11.3 Å². The second-order valence-corrected chi connectivity index (χ2v) is 5.76. The van der Waals surface area contributed by atoms with E-state index in [0.29, 0.717) is 0 Å². The molecule has 0 bridgehead atoms. The third-order valence-electron chi connectivity index (χ3n) is 3.32. The zero-order chi connectivity index (χ0) is 16.7. The van der Waals surface area contributed by atoms with E-state index in [-0.39, 0.29) is 0 Å². The van der Waals surface area contributed by atoms with Crippen LogP contribution in [0.3, 0.4) is 0 Å². The predicted molar refractivity (Wildman–Crippen MR) is 98.3 cm³/mol. The van der Waals surface area contributed by atoms with E-state index in [2.05, 4.69) is 49.9 Å². The lowest BCUT2D eigenvalue weighted by Crippen LogP contribution is -1.99. The fourth-order valence-corrected chi connectivity index (χ4v) is 2.57. The minimum atomic E-state index is 0.722. The van der Waals surface area contributed by atoms with Gasteiger partial charge in [0, 0.05) is 35.0 Å². The van der Waals surface area contributed by atoms with Gasteiger partial charge in [0.2, 0.25) is 0 Å². The first kappa shape index (κ1) is 17.3. The van der Waals surface area contributed by atoms with E-state index in [4.69, 9.17) is 0 Å². The van der Waals surface area contributed by atoms with Gasteiger partial charge in [-0.1, -0.05) is 35.8 Å². The average molecular weight is 370 g/mol. The zero-order valence-corrected chi connectivity index (χ0v) is 15.2. The number of pyridine rings is 1. The molecule has 0 atom stereocenters. The molecule has 0 N–H and O–H groups in total. The number of benzene rings is 1. The van der Waals surface area contributed by atoms with Gasteiger partial charge in [-0.05, 0) is 48.4 Å². The molecule has 0 fully saturated rings. The molecule has 23 heavy (non-hydrogen) atoms. The van der Waals surface area contributed by atoms with Gasteiger partial charge in [-0.25, -0.2) is 9.97 Å². The van der Waals surface area contributed by atoms with Crippen LogP contribution in [-0.2, 0) is 6.42 Å². The molecule has 0 unspecified atom stereocenters. The Labute approximate surface area is 146 Å². The molecular formula is C19H20BrN3. The fourth-order valence-electron chi connectivity index (χ4n) is 2.16. The molecule has 0 saturated carbocycles. The van der Waals surface area contributed by atoms with Gasteiger partial charge >= 0.3 is 0 Å². The minimum Gasteiger partial charge on any atom is -0.264 e. The number of hydrogen-bond donors (Lipinski definition) is 0. The highest BCUT2D eigenvalue weighted by Crippen LogP contribution is 2.19. The van der Waals surface area contributed by atoms with Gasteiger partial charge in [0.05, 0.1) is 5.69 Å². The zero-order valence-electron chi connectivity index (χ0n) is 13.6. The minimum absolute atomic E-state index is 0.722. The van der Waals surface area contributed by atoms with Crippen molar-refractivity contribution in [3.63, 3.8) is 0 Å². The Morgan fingerprint density at radius 2 is 1.87 bits per heavy atom. The van der Waals surface area contributed by atoms with E-state index in [9.17, 15) is 0 Å². The first-order chi connectivity index (χ1) is 11.2. The van der Waals surface area contributed by atoms with Gasteiger partial charge in [-0.2, -0.15) is 0 Å². The first-order valence-corrected chi connectivity index (χ1v) is 8.49. The molecule has 0 radical (unpaired) electrons. The van der Waals surface area contributed by atoms with Gasteiger partial charge in [0.15, 0.2) is 0 Å². The number of nitrogens with zero attached hydrogens (tertiary/aromatic N) is 3. The predicted octanol–water partition coefficient (Wildman–Crippen LogP) is 5.23. The number of rotatable bonds is 3. The van der Waals surface area contributed by atoms with Crippen LogP contribution in [0, 0.1) is 6.92 Å². The lowest BCUT2D eigenvalue weighted by atomic mass is 10.1. The summed E-state index contributed by atoms with van der Waals surface area (Å²) in [5.74, 6) is 0.817. The van der Waals surface area contributed by atoms with E-state index in [1.807, 2.05) is 44.3 Å². The molecule has 118 valence electrons. The summed E-state index contributed by atoms with van der Waals surface area (Å²) in [6, 6.07) is 12.1. The maximum atomic E-state index is 4.64. The Kier molecular flexibility index (Phi) is 6.41. The Bertz CT molecular complexity index is 758. The lowest BCUT2D eigenvalue weighted by Gasteiger charge is -2.07. The Hall–Kier alpha value is -2.07. The number of aromatic nitrogens is 3. The number of halogens is 1. The molecule has 0 amide bonds. The molecule has 0 aliphatic heterocycles. The number of aryl methyl sites for hydroxylation is 1. The van der Waals surface area contributed by atoms with Crippen molar-refractivity contribution in [2.45, 2.75) is 27.2 Å². The highest BCUT2D eigenvalue weighted by molar-refractivity contribution is 9.10. The van der Waals surface area contributed by atoms with E-state index in [1.165, 1.54) is 11.1 Å². The SMILES string of the molecule is CC.Cc1ccc(Br)cc1Cc1nccc(-c2cccnc2)n1. The number of hydrogen-bond acceptors (Lipinski definition) is 3.